The van der Waals surface area contributed by atoms with Crippen molar-refractivity contribution in [2.75, 3.05) is 16.8 Å². The van der Waals surface area contributed by atoms with Crippen LogP contribution in [-0.4, -0.2) is 35.2 Å². The monoisotopic (exact) mass is 431 g/mol. The number of likely N-dealkylation sites (tertiary alicyclic amines) is 1. The average molecular weight is 432 g/mol. The molecule has 1 saturated carbocycles. The van der Waals surface area contributed by atoms with Crippen LogP contribution in [0.1, 0.15) is 50.6 Å². The summed E-state index contributed by atoms with van der Waals surface area (Å²) in [6, 6.07) is 18.0. The van der Waals surface area contributed by atoms with Gasteiger partial charge >= 0.3 is 0 Å². The molecular formula is C26H29N3O3. The van der Waals surface area contributed by atoms with Crippen LogP contribution >= 0.6 is 0 Å². The number of carbonyl (C=O) groups excluding carboxylic acids is 3. The maximum Gasteiger partial charge on any atom is 0.247 e. The van der Waals surface area contributed by atoms with Gasteiger partial charge in [0, 0.05) is 17.4 Å². The quantitative estimate of drug-likeness (QED) is 0.739. The summed E-state index contributed by atoms with van der Waals surface area (Å²) in [7, 11) is 0. The smallest absolute Gasteiger partial charge is 0.247 e. The first-order valence-corrected chi connectivity index (χ1v) is 11.6. The SMILES string of the molecule is C[C@H]1C[C@@H](Nc2ccccc2)c2ccccc2N1C(=O)CN1C(=O)[C@H]2CCCC[C@@H]2C1=O. The number of carbonyl (C=O) groups is 3. The summed E-state index contributed by atoms with van der Waals surface area (Å²) < 4.78 is 0. The summed E-state index contributed by atoms with van der Waals surface area (Å²) in [5, 5.41) is 3.59. The third-order valence-corrected chi connectivity index (χ3v) is 7.20. The van der Waals surface area contributed by atoms with E-state index in [0.717, 1.165) is 49.0 Å². The first-order chi connectivity index (χ1) is 15.5. The minimum absolute atomic E-state index is 0.0614. The normalized spacial score (nSPS) is 27.2. The lowest BCUT2D eigenvalue weighted by atomic mass is 9.81. The predicted octanol–water partition coefficient (Wildman–Crippen LogP) is 4.14. The number of para-hydroxylation sites is 2. The van der Waals surface area contributed by atoms with Gasteiger partial charge in [0.25, 0.3) is 0 Å². The molecule has 2 aliphatic heterocycles. The molecule has 32 heavy (non-hydrogen) atoms. The molecule has 1 N–H and O–H groups in total. The van der Waals surface area contributed by atoms with Gasteiger partial charge in [0.1, 0.15) is 6.54 Å². The summed E-state index contributed by atoms with van der Waals surface area (Å²) in [6.45, 7) is 1.86. The molecule has 3 aliphatic rings. The van der Waals surface area contributed by atoms with E-state index in [4.69, 9.17) is 0 Å². The molecular weight excluding hydrogens is 402 g/mol. The molecule has 0 radical (unpaired) electrons. The minimum Gasteiger partial charge on any atom is -0.378 e. The molecule has 1 aliphatic carbocycles. The standard InChI is InChI=1S/C26H29N3O3/c1-17-15-22(27-18-9-3-2-4-10-18)21-13-7-8-14-23(21)29(17)24(30)16-28-25(31)19-11-5-6-12-20(19)26(28)32/h2-4,7-10,13-14,17,19-20,22,27H,5-6,11-12,15-16H2,1H3/t17-,19-,20-,22+/m0/s1. The van der Waals surface area contributed by atoms with Crippen molar-refractivity contribution in [3.05, 3.63) is 60.2 Å². The Morgan fingerprint density at radius 2 is 1.56 bits per heavy atom. The summed E-state index contributed by atoms with van der Waals surface area (Å²) >= 11 is 0. The highest BCUT2D eigenvalue weighted by Crippen LogP contribution is 2.40. The number of benzene rings is 2. The van der Waals surface area contributed by atoms with E-state index in [1.54, 1.807) is 4.90 Å². The lowest BCUT2D eigenvalue weighted by molar-refractivity contribution is -0.143. The van der Waals surface area contributed by atoms with Crippen LogP contribution in [0, 0.1) is 11.8 Å². The van der Waals surface area contributed by atoms with Crippen LogP contribution < -0.4 is 10.2 Å². The van der Waals surface area contributed by atoms with Crippen LogP contribution in [-0.2, 0) is 14.4 Å². The van der Waals surface area contributed by atoms with Crippen molar-refractivity contribution in [1.29, 1.82) is 0 Å². The first-order valence-electron chi connectivity index (χ1n) is 11.6. The Morgan fingerprint density at radius 1 is 0.938 bits per heavy atom. The van der Waals surface area contributed by atoms with Gasteiger partial charge in [0.15, 0.2) is 0 Å². The van der Waals surface area contributed by atoms with Gasteiger partial charge in [-0.3, -0.25) is 19.3 Å². The third kappa shape index (κ3) is 3.57. The van der Waals surface area contributed by atoms with E-state index < -0.39 is 0 Å². The maximum absolute atomic E-state index is 13.4. The van der Waals surface area contributed by atoms with E-state index in [1.807, 2.05) is 61.5 Å². The molecule has 6 nitrogen and oxygen atoms in total. The van der Waals surface area contributed by atoms with E-state index in [-0.39, 0.29) is 48.2 Å². The molecule has 0 unspecified atom stereocenters. The van der Waals surface area contributed by atoms with Gasteiger partial charge in [-0.1, -0.05) is 49.2 Å². The highest BCUT2D eigenvalue weighted by Gasteiger charge is 2.49. The zero-order chi connectivity index (χ0) is 22.2. The van der Waals surface area contributed by atoms with Crippen LogP contribution in [0.25, 0.3) is 0 Å². The van der Waals surface area contributed by atoms with E-state index in [0.29, 0.717) is 0 Å². The van der Waals surface area contributed by atoms with Crippen molar-refractivity contribution >= 4 is 29.1 Å². The second-order valence-corrected chi connectivity index (χ2v) is 9.23. The van der Waals surface area contributed by atoms with Crippen LogP contribution in [0.2, 0.25) is 0 Å². The fourth-order valence-electron chi connectivity index (χ4n) is 5.66. The molecule has 0 spiro atoms. The molecule has 2 aromatic carbocycles. The van der Waals surface area contributed by atoms with Gasteiger partial charge in [0.05, 0.1) is 17.9 Å². The molecule has 0 bridgehead atoms. The van der Waals surface area contributed by atoms with Crippen LogP contribution in [0.3, 0.4) is 0 Å². The minimum atomic E-state index is -0.227. The highest BCUT2D eigenvalue weighted by molar-refractivity contribution is 6.09. The molecule has 166 valence electrons. The van der Waals surface area contributed by atoms with Gasteiger partial charge in [-0.15, -0.1) is 0 Å². The Labute approximate surface area is 188 Å². The number of nitrogens with zero attached hydrogens (tertiary/aromatic N) is 2. The number of imide groups is 1. The predicted molar refractivity (Wildman–Crippen MR) is 123 cm³/mol. The summed E-state index contributed by atoms with van der Waals surface area (Å²) in [5.41, 5.74) is 2.94. The molecule has 5 rings (SSSR count). The molecule has 6 heteroatoms. The Hall–Kier alpha value is -3.15. The molecule has 2 heterocycles. The van der Waals surface area contributed by atoms with Crippen LogP contribution in [0.5, 0.6) is 0 Å². The molecule has 3 amide bonds. The topological polar surface area (TPSA) is 69.7 Å². The average Bonchev–Trinajstić information content (AvgIpc) is 3.05. The lowest BCUT2D eigenvalue weighted by Crippen LogP contribution is -2.49. The van der Waals surface area contributed by atoms with E-state index in [1.165, 1.54) is 4.90 Å². The van der Waals surface area contributed by atoms with Crippen LogP contribution in [0.4, 0.5) is 11.4 Å². The maximum atomic E-state index is 13.4. The summed E-state index contributed by atoms with van der Waals surface area (Å²) in [4.78, 5) is 42.2. The number of anilines is 2. The largest absolute Gasteiger partial charge is 0.378 e. The van der Waals surface area contributed by atoms with E-state index in [2.05, 4.69) is 5.32 Å². The Bertz CT molecular complexity index is 1010. The van der Waals surface area contributed by atoms with Crippen molar-refractivity contribution in [2.24, 2.45) is 11.8 Å². The van der Waals surface area contributed by atoms with Crippen molar-refractivity contribution in [2.45, 2.75) is 51.1 Å². The lowest BCUT2D eigenvalue weighted by Gasteiger charge is -2.40. The number of nitrogens with one attached hydrogen (secondary N) is 1. The van der Waals surface area contributed by atoms with E-state index in [9.17, 15) is 14.4 Å². The molecule has 2 fully saturated rings. The number of hydrogen-bond acceptors (Lipinski definition) is 4. The molecule has 0 aromatic heterocycles. The summed E-state index contributed by atoms with van der Waals surface area (Å²) in [5.74, 6) is -0.961. The van der Waals surface area contributed by atoms with E-state index >= 15 is 0 Å². The van der Waals surface area contributed by atoms with Gasteiger partial charge in [0.2, 0.25) is 17.7 Å². The zero-order valence-corrected chi connectivity index (χ0v) is 18.4. The zero-order valence-electron chi connectivity index (χ0n) is 18.4. The third-order valence-electron chi connectivity index (χ3n) is 7.20. The van der Waals surface area contributed by atoms with Gasteiger partial charge in [-0.2, -0.15) is 0 Å². The van der Waals surface area contributed by atoms with Gasteiger partial charge in [-0.25, -0.2) is 0 Å². The Morgan fingerprint density at radius 3 is 2.25 bits per heavy atom. The second kappa shape index (κ2) is 8.41. The summed E-state index contributed by atoms with van der Waals surface area (Å²) in [6.07, 6.45) is 4.22. The Balaban J connectivity index is 1.38. The fourth-order valence-corrected chi connectivity index (χ4v) is 5.66. The Kier molecular flexibility index (Phi) is 5.45. The van der Waals surface area contributed by atoms with Gasteiger partial charge < -0.3 is 10.2 Å². The van der Waals surface area contributed by atoms with Crippen LogP contribution in [0.15, 0.2) is 54.6 Å². The molecule has 2 aromatic rings. The number of fused-ring (bicyclic) bond motifs is 2. The van der Waals surface area contributed by atoms with Crippen molar-refractivity contribution in [3.8, 4) is 0 Å². The van der Waals surface area contributed by atoms with Crippen molar-refractivity contribution < 1.29 is 14.4 Å². The number of hydrogen-bond donors (Lipinski definition) is 1. The molecule has 4 atom stereocenters. The second-order valence-electron chi connectivity index (χ2n) is 9.23. The number of rotatable bonds is 4. The molecule has 1 saturated heterocycles. The van der Waals surface area contributed by atoms with Crippen molar-refractivity contribution in [3.63, 3.8) is 0 Å². The van der Waals surface area contributed by atoms with Crippen molar-refractivity contribution in [1.82, 2.24) is 4.90 Å². The number of amides is 3. The first kappa shape index (κ1) is 20.7. The van der Waals surface area contributed by atoms with Gasteiger partial charge in [-0.05, 0) is 49.9 Å². The highest BCUT2D eigenvalue weighted by atomic mass is 16.2. The fraction of sp³-hybridized carbons (Fsp3) is 0.423.